The number of halogens is 1. The minimum absolute atomic E-state index is 0. The fourth-order valence-corrected chi connectivity index (χ4v) is 2.36. The van der Waals surface area contributed by atoms with Crippen LogP contribution in [0.1, 0.15) is 36.0 Å². The van der Waals surface area contributed by atoms with Gasteiger partial charge in [0.2, 0.25) is 0 Å². The summed E-state index contributed by atoms with van der Waals surface area (Å²) in [6.07, 6.45) is 3.72. The molecule has 0 atom stereocenters. The molecule has 0 saturated heterocycles. The monoisotopic (exact) mass is 431 g/mol. The zero-order chi connectivity index (χ0) is 15.8. The highest BCUT2D eigenvalue weighted by atomic mass is 127. The van der Waals surface area contributed by atoms with Crippen molar-refractivity contribution < 1.29 is 4.74 Å². The Morgan fingerprint density at radius 1 is 1.26 bits per heavy atom. The average Bonchev–Trinajstić information content (AvgIpc) is 3.31. The lowest BCUT2D eigenvalue weighted by molar-refractivity contribution is 0.123. The Balaban J connectivity index is 0.00000264. The highest BCUT2D eigenvalue weighted by molar-refractivity contribution is 14.0. The van der Waals surface area contributed by atoms with Gasteiger partial charge in [-0.3, -0.25) is 4.99 Å². The highest BCUT2D eigenvalue weighted by Crippen LogP contribution is 2.28. The number of hydrogen-bond acceptors (Lipinski definition) is 2. The molecular formula is C18H30IN3O. The van der Waals surface area contributed by atoms with Crippen LogP contribution in [0.4, 0.5) is 0 Å². The maximum atomic E-state index is 5.63. The summed E-state index contributed by atoms with van der Waals surface area (Å²) in [6, 6.07) is 6.54. The van der Waals surface area contributed by atoms with Crippen molar-refractivity contribution in [1.29, 1.82) is 0 Å². The average molecular weight is 431 g/mol. The molecule has 1 aliphatic rings. The standard InChI is InChI=1S/C18H29N3O.HI/c1-14-5-8-17(15(2)11-14)12-21-18(19-3)20-9-4-10-22-13-16-6-7-16;/h5,8,11,16H,4,6-7,9-10,12-13H2,1-3H3,(H2,19,20,21);1H. The Kier molecular flexibility index (Phi) is 9.55. The molecule has 1 aromatic rings. The first-order valence-corrected chi connectivity index (χ1v) is 8.27. The fourth-order valence-electron chi connectivity index (χ4n) is 2.36. The summed E-state index contributed by atoms with van der Waals surface area (Å²) in [5.74, 6) is 1.70. The van der Waals surface area contributed by atoms with E-state index in [2.05, 4.69) is 47.7 Å². The topological polar surface area (TPSA) is 45.7 Å². The number of nitrogens with zero attached hydrogens (tertiary/aromatic N) is 1. The van der Waals surface area contributed by atoms with E-state index in [1.54, 1.807) is 7.05 Å². The molecule has 23 heavy (non-hydrogen) atoms. The van der Waals surface area contributed by atoms with Gasteiger partial charge in [0.15, 0.2) is 5.96 Å². The molecule has 0 bridgehead atoms. The summed E-state index contributed by atoms with van der Waals surface area (Å²) in [6.45, 7) is 7.73. The molecule has 1 fully saturated rings. The Hall–Kier alpha value is -0.820. The van der Waals surface area contributed by atoms with Gasteiger partial charge in [-0.15, -0.1) is 24.0 Å². The number of guanidine groups is 1. The maximum Gasteiger partial charge on any atom is 0.191 e. The van der Waals surface area contributed by atoms with Gasteiger partial charge in [-0.1, -0.05) is 23.8 Å². The first-order valence-electron chi connectivity index (χ1n) is 8.27. The van der Waals surface area contributed by atoms with Gasteiger partial charge in [-0.2, -0.15) is 0 Å². The van der Waals surface area contributed by atoms with Crippen LogP contribution in [0, 0.1) is 19.8 Å². The molecule has 2 rings (SSSR count). The molecule has 4 nitrogen and oxygen atoms in total. The highest BCUT2D eigenvalue weighted by Gasteiger charge is 2.20. The Bertz CT molecular complexity index is 501. The van der Waals surface area contributed by atoms with Crippen LogP contribution in [0.15, 0.2) is 23.2 Å². The van der Waals surface area contributed by atoms with Crippen molar-refractivity contribution in [2.24, 2.45) is 10.9 Å². The van der Waals surface area contributed by atoms with E-state index in [4.69, 9.17) is 4.74 Å². The van der Waals surface area contributed by atoms with E-state index < -0.39 is 0 Å². The molecular weight excluding hydrogens is 401 g/mol. The Morgan fingerprint density at radius 2 is 2.04 bits per heavy atom. The molecule has 0 heterocycles. The summed E-state index contributed by atoms with van der Waals surface area (Å²) >= 11 is 0. The van der Waals surface area contributed by atoms with E-state index in [1.807, 2.05) is 0 Å². The molecule has 5 heteroatoms. The number of benzene rings is 1. The van der Waals surface area contributed by atoms with E-state index in [0.717, 1.165) is 44.6 Å². The van der Waals surface area contributed by atoms with Crippen molar-refractivity contribution in [2.75, 3.05) is 26.8 Å². The normalized spacial score (nSPS) is 14.3. The van der Waals surface area contributed by atoms with E-state index in [1.165, 1.54) is 29.5 Å². The predicted octanol–water partition coefficient (Wildman–Crippen LogP) is 3.40. The minimum atomic E-state index is 0. The lowest BCUT2D eigenvalue weighted by Gasteiger charge is -2.13. The van der Waals surface area contributed by atoms with Gasteiger partial charge in [-0.25, -0.2) is 0 Å². The van der Waals surface area contributed by atoms with Crippen LogP contribution < -0.4 is 10.6 Å². The fraction of sp³-hybridized carbons (Fsp3) is 0.611. The van der Waals surface area contributed by atoms with Crippen LogP contribution >= 0.6 is 24.0 Å². The van der Waals surface area contributed by atoms with E-state index >= 15 is 0 Å². The van der Waals surface area contributed by atoms with Crippen molar-refractivity contribution in [3.63, 3.8) is 0 Å². The Labute approximate surface area is 157 Å². The minimum Gasteiger partial charge on any atom is -0.381 e. The number of hydrogen-bond donors (Lipinski definition) is 2. The molecule has 0 amide bonds. The maximum absolute atomic E-state index is 5.63. The van der Waals surface area contributed by atoms with Gasteiger partial charge in [0.05, 0.1) is 0 Å². The molecule has 2 N–H and O–H groups in total. The molecule has 0 radical (unpaired) electrons. The molecule has 0 aliphatic heterocycles. The number of aliphatic imine (C=N–C) groups is 1. The molecule has 1 saturated carbocycles. The third-order valence-electron chi connectivity index (χ3n) is 3.98. The van der Waals surface area contributed by atoms with Crippen LogP contribution in [-0.2, 0) is 11.3 Å². The van der Waals surface area contributed by atoms with Crippen LogP contribution in [0.3, 0.4) is 0 Å². The zero-order valence-corrected chi connectivity index (χ0v) is 16.9. The summed E-state index contributed by atoms with van der Waals surface area (Å²) in [5.41, 5.74) is 3.92. The van der Waals surface area contributed by atoms with Crippen LogP contribution in [0.5, 0.6) is 0 Å². The van der Waals surface area contributed by atoms with Gasteiger partial charge < -0.3 is 15.4 Å². The van der Waals surface area contributed by atoms with Gasteiger partial charge >= 0.3 is 0 Å². The number of ether oxygens (including phenoxy) is 1. The second kappa shape index (κ2) is 10.9. The molecule has 130 valence electrons. The van der Waals surface area contributed by atoms with Crippen molar-refractivity contribution in [1.82, 2.24) is 10.6 Å². The largest absolute Gasteiger partial charge is 0.381 e. The van der Waals surface area contributed by atoms with Crippen molar-refractivity contribution in [2.45, 2.75) is 39.7 Å². The first kappa shape index (κ1) is 20.2. The van der Waals surface area contributed by atoms with Crippen molar-refractivity contribution >= 4 is 29.9 Å². The number of aryl methyl sites for hydroxylation is 2. The van der Waals surface area contributed by atoms with Gasteiger partial charge in [0.1, 0.15) is 0 Å². The van der Waals surface area contributed by atoms with E-state index in [0.29, 0.717) is 0 Å². The third-order valence-corrected chi connectivity index (χ3v) is 3.98. The molecule has 0 aromatic heterocycles. The van der Waals surface area contributed by atoms with Crippen LogP contribution in [0.2, 0.25) is 0 Å². The lowest BCUT2D eigenvalue weighted by atomic mass is 10.1. The third kappa shape index (κ3) is 8.01. The van der Waals surface area contributed by atoms with E-state index in [9.17, 15) is 0 Å². The Morgan fingerprint density at radius 3 is 2.70 bits per heavy atom. The summed E-state index contributed by atoms with van der Waals surface area (Å²) in [4.78, 5) is 4.26. The molecule has 1 aromatic carbocycles. The number of rotatable bonds is 8. The SMILES string of the molecule is CN=C(NCCCOCC1CC1)NCc1ccc(C)cc1C.I. The van der Waals surface area contributed by atoms with E-state index in [-0.39, 0.29) is 24.0 Å². The summed E-state index contributed by atoms with van der Waals surface area (Å²) < 4.78 is 5.63. The summed E-state index contributed by atoms with van der Waals surface area (Å²) in [7, 11) is 1.81. The van der Waals surface area contributed by atoms with Crippen molar-refractivity contribution in [3.8, 4) is 0 Å². The summed E-state index contributed by atoms with van der Waals surface area (Å²) in [5, 5.41) is 6.70. The quantitative estimate of drug-likeness (QED) is 0.287. The predicted molar refractivity (Wildman–Crippen MR) is 108 cm³/mol. The smallest absolute Gasteiger partial charge is 0.191 e. The van der Waals surface area contributed by atoms with Crippen LogP contribution in [-0.4, -0.2) is 32.8 Å². The first-order chi connectivity index (χ1) is 10.7. The molecule has 0 unspecified atom stereocenters. The molecule has 1 aliphatic carbocycles. The zero-order valence-electron chi connectivity index (χ0n) is 14.5. The van der Waals surface area contributed by atoms with Gasteiger partial charge in [-0.05, 0) is 50.2 Å². The number of nitrogens with one attached hydrogen (secondary N) is 2. The van der Waals surface area contributed by atoms with Gasteiger partial charge in [0, 0.05) is 33.4 Å². The van der Waals surface area contributed by atoms with Gasteiger partial charge in [0.25, 0.3) is 0 Å². The van der Waals surface area contributed by atoms with Crippen molar-refractivity contribution in [3.05, 3.63) is 34.9 Å². The lowest BCUT2D eigenvalue weighted by Crippen LogP contribution is -2.37. The second-order valence-electron chi connectivity index (χ2n) is 6.15. The molecule has 0 spiro atoms. The second-order valence-corrected chi connectivity index (χ2v) is 6.15. The van der Waals surface area contributed by atoms with Crippen LogP contribution in [0.25, 0.3) is 0 Å².